The summed E-state index contributed by atoms with van der Waals surface area (Å²) >= 11 is 1.73. The van der Waals surface area contributed by atoms with Crippen LogP contribution in [0.3, 0.4) is 0 Å². The van der Waals surface area contributed by atoms with E-state index in [1.54, 1.807) is 11.3 Å². The van der Waals surface area contributed by atoms with Gasteiger partial charge in [-0.15, -0.1) is 0 Å². The van der Waals surface area contributed by atoms with Gasteiger partial charge in [0.2, 0.25) is 0 Å². The molecule has 2 rings (SSSR count). The van der Waals surface area contributed by atoms with Crippen molar-refractivity contribution in [3.63, 3.8) is 0 Å². The minimum atomic E-state index is 0.326. The van der Waals surface area contributed by atoms with Gasteiger partial charge in [-0.2, -0.15) is 16.4 Å². The van der Waals surface area contributed by atoms with Crippen LogP contribution in [0.1, 0.15) is 37.9 Å². The molecule has 0 fully saturated rings. The second kappa shape index (κ2) is 5.65. The first kappa shape index (κ1) is 13.9. The van der Waals surface area contributed by atoms with Crippen LogP contribution >= 0.6 is 11.3 Å². The van der Waals surface area contributed by atoms with Crippen molar-refractivity contribution in [2.75, 3.05) is 11.1 Å². The molecule has 1 unspecified atom stereocenters. The third-order valence-electron chi connectivity index (χ3n) is 3.16. The minimum absolute atomic E-state index is 0.326. The second-order valence-electron chi connectivity index (χ2n) is 5.31. The van der Waals surface area contributed by atoms with Crippen molar-refractivity contribution >= 4 is 22.8 Å². The molecule has 0 radical (unpaired) electrons. The maximum Gasteiger partial charge on any atom is 0.148 e. The van der Waals surface area contributed by atoms with Gasteiger partial charge in [-0.1, -0.05) is 13.8 Å². The Balaban J connectivity index is 2.10. The van der Waals surface area contributed by atoms with Crippen molar-refractivity contribution in [3.05, 3.63) is 28.1 Å². The Kier molecular flexibility index (Phi) is 4.14. The van der Waals surface area contributed by atoms with Crippen LogP contribution in [0, 0.1) is 0 Å². The van der Waals surface area contributed by atoms with E-state index in [0.29, 0.717) is 12.0 Å². The van der Waals surface area contributed by atoms with Gasteiger partial charge in [-0.3, -0.25) is 4.68 Å². The van der Waals surface area contributed by atoms with Crippen LogP contribution in [-0.4, -0.2) is 15.8 Å². The van der Waals surface area contributed by atoms with Crippen molar-refractivity contribution in [1.29, 1.82) is 0 Å². The van der Waals surface area contributed by atoms with Crippen LogP contribution in [0.15, 0.2) is 16.8 Å². The fraction of sp³-hybridized carbons (Fsp3) is 0.500. The van der Waals surface area contributed by atoms with Crippen molar-refractivity contribution in [2.24, 2.45) is 7.05 Å². The van der Waals surface area contributed by atoms with E-state index in [9.17, 15) is 0 Å². The number of thiophene rings is 1. The first-order valence-corrected chi connectivity index (χ1v) is 7.53. The maximum atomic E-state index is 6.18. The molecule has 0 aromatic carbocycles. The lowest BCUT2D eigenvalue weighted by Gasteiger charge is -2.15. The summed E-state index contributed by atoms with van der Waals surface area (Å²) < 4.78 is 1.84. The highest BCUT2D eigenvalue weighted by molar-refractivity contribution is 7.07. The number of aromatic nitrogens is 2. The van der Waals surface area contributed by atoms with Crippen LogP contribution in [0.2, 0.25) is 0 Å². The van der Waals surface area contributed by atoms with Gasteiger partial charge < -0.3 is 11.1 Å². The lowest BCUT2D eigenvalue weighted by Crippen LogP contribution is -2.20. The third-order valence-corrected chi connectivity index (χ3v) is 3.90. The van der Waals surface area contributed by atoms with Gasteiger partial charge >= 0.3 is 0 Å². The van der Waals surface area contributed by atoms with E-state index in [4.69, 9.17) is 5.73 Å². The monoisotopic (exact) mass is 278 g/mol. The molecule has 5 heteroatoms. The highest BCUT2D eigenvalue weighted by Gasteiger charge is 2.17. The number of anilines is 2. The van der Waals surface area contributed by atoms with Gasteiger partial charge in [-0.25, -0.2) is 0 Å². The average molecular weight is 278 g/mol. The lowest BCUT2D eigenvalue weighted by molar-refractivity contribution is 0.701. The number of rotatable bonds is 5. The van der Waals surface area contributed by atoms with Gasteiger partial charge in [0.25, 0.3) is 0 Å². The Morgan fingerprint density at radius 1 is 1.42 bits per heavy atom. The van der Waals surface area contributed by atoms with E-state index in [-0.39, 0.29) is 0 Å². The number of nitrogens with two attached hydrogens (primary N) is 1. The quantitative estimate of drug-likeness (QED) is 0.883. The van der Waals surface area contributed by atoms with Crippen LogP contribution in [0.25, 0.3) is 0 Å². The molecule has 0 aliphatic rings. The third kappa shape index (κ3) is 3.10. The predicted octanol–water partition coefficient (Wildman–Crippen LogP) is 3.23. The van der Waals surface area contributed by atoms with E-state index < -0.39 is 0 Å². The predicted molar refractivity (Wildman–Crippen MR) is 82.8 cm³/mol. The van der Waals surface area contributed by atoms with Crippen LogP contribution in [0.5, 0.6) is 0 Å². The van der Waals surface area contributed by atoms with Gasteiger partial charge in [0.05, 0.1) is 11.4 Å². The molecular weight excluding hydrogens is 256 g/mol. The second-order valence-corrected chi connectivity index (χ2v) is 6.09. The summed E-state index contributed by atoms with van der Waals surface area (Å²) in [6, 6.07) is 2.49. The van der Waals surface area contributed by atoms with Gasteiger partial charge in [-0.05, 0) is 41.7 Å². The largest absolute Gasteiger partial charge is 0.394 e. The average Bonchev–Trinajstić information content (AvgIpc) is 2.92. The van der Waals surface area contributed by atoms with Gasteiger partial charge in [0, 0.05) is 13.1 Å². The normalized spacial score (nSPS) is 12.9. The summed E-state index contributed by atoms with van der Waals surface area (Å²) in [5, 5.41) is 12.3. The summed E-state index contributed by atoms with van der Waals surface area (Å²) in [7, 11) is 1.93. The molecule has 0 aliphatic carbocycles. The topological polar surface area (TPSA) is 55.9 Å². The molecule has 0 saturated carbocycles. The standard InChI is InChI=1S/C14H22N4S/c1-9(2)13-12(15)14(18(4)17-13)16-10(3)7-11-5-6-19-8-11/h5-6,8-10,16H,7,15H2,1-4H3. The molecule has 104 valence electrons. The van der Waals surface area contributed by atoms with Gasteiger partial charge in [0.15, 0.2) is 0 Å². The van der Waals surface area contributed by atoms with E-state index >= 15 is 0 Å². The summed E-state index contributed by atoms with van der Waals surface area (Å²) in [6.45, 7) is 6.38. The molecule has 4 nitrogen and oxygen atoms in total. The molecule has 0 bridgehead atoms. The number of hydrogen-bond acceptors (Lipinski definition) is 4. The maximum absolute atomic E-state index is 6.18. The summed E-state index contributed by atoms with van der Waals surface area (Å²) in [5.41, 5.74) is 9.28. The molecule has 1 atom stereocenters. The zero-order valence-electron chi connectivity index (χ0n) is 12.0. The number of nitrogen functional groups attached to an aromatic ring is 1. The molecule has 0 spiro atoms. The lowest BCUT2D eigenvalue weighted by atomic mass is 10.1. The van der Waals surface area contributed by atoms with E-state index in [0.717, 1.165) is 23.6 Å². The first-order chi connectivity index (χ1) is 8.99. The van der Waals surface area contributed by atoms with Crippen molar-refractivity contribution < 1.29 is 0 Å². The number of hydrogen-bond donors (Lipinski definition) is 2. The molecule has 2 aromatic rings. The summed E-state index contributed by atoms with van der Waals surface area (Å²) in [5.74, 6) is 1.26. The highest BCUT2D eigenvalue weighted by atomic mass is 32.1. The van der Waals surface area contributed by atoms with Crippen molar-refractivity contribution in [2.45, 2.75) is 39.2 Å². The summed E-state index contributed by atoms with van der Waals surface area (Å²) in [6.07, 6.45) is 0.991. The van der Waals surface area contributed by atoms with Gasteiger partial charge in [0.1, 0.15) is 5.82 Å². The fourth-order valence-corrected chi connectivity index (χ4v) is 2.89. The number of nitrogens with zero attached hydrogens (tertiary/aromatic N) is 2. The number of aryl methyl sites for hydroxylation is 1. The molecule has 19 heavy (non-hydrogen) atoms. The zero-order valence-corrected chi connectivity index (χ0v) is 12.8. The fourth-order valence-electron chi connectivity index (χ4n) is 2.21. The highest BCUT2D eigenvalue weighted by Crippen LogP contribution is 2.28. The smallest absolute Gasteiger partial charge is 0.148 e. The first-order valence-electron chi connectivity index (χ1n) is 6.59. The van der Waals surface area contributed by atoms with Crippen molar-refractivity contribution in [1.82, 2.24) is 9.78 Å². The zero-order chi connectivity index (χ0) is 14.0. The minimum Gasteiger partial charge on any atom is -0.394 e. The number of nitrogens with one attached hydrogen (secondary N) is 1. The molecule has 0 saturated heterocycles. The Hall–Kier alpha value is -1.49. The Morgan fingerprint density at radius 3 is 2.68 bits per heavy atom. The van der Waals surface area contributed by atoms with Crippen LogP contribution in [0.4, 0.5) is 11.5 Å². The Labute approximate surface area is 118 Å². The van der Waals surface area contributed by atoms with E-state index in [1.165, 1.54) is 5.56 Å². The molecular formula is C14H22N4S. The van der Waals surface area contributed by atoms with Crippen LogP contribution in [-0.2, 0) is 13.5 Å². The molecule has 2 aromatic heterocycles. The molecule has 3 N–H and O–H groups in total. The SMILES string of the molecule is CC(Cc1ccsc1)Nc1c(N)c(C(C)C)nn1C. The molecule has 0 aliphatic heterocycles. The Bertz CT molecular complexity index is 528. The summed E-state index contributed by atoms with van der Waals surface area (Å²) in [4.78, 5) is 0. The van der Waals surface area contributed by atoms with E-state index in [1.807, 2.05) is 11.7 Å². The van der Waals surface area contributed by atoms with Crippen molar-refractivity contribution in [3.8, 4) is 0 Å². The van der Waals surface area contributed by atoms with E-state index in [2.05, 4.69) is 48.0 Å². The van der Waals surface area contributed by atoms with Crippen LogP contribution < -0.4 is 11.1 Å². The molecule has 2 heterocycles. The Morgan fingerprint density at radius 2 is 2.16 bits per heavy atom. The molecule has 0 amide bonds.